The van der Waals surface area contributed by atoms with Crippen LogP contribution in [0.2, 0.25) is 0 Å². The van der Waals surface area contributed by atoms with E-state index in [9.17, 15) is 4.79 Å². The van der Waals surface area contributed by atoms with Gasteiger partial charge in [-0.1, -0.05) is 24.0 Å². The van der Waals surface area contributed by atoms with E-state index in [0.717, 1.165) is 17.5 Å². The largest absolute Gasteiger partial charge is 0.384 e. The normalized spacial score (nSPS) is 22.2. The summed E-state index contributed by atoms with van der Waals surface area (Å²) in [6.45, 7) is 4.39. The zero-order valence-electron chi connectivity index (χ0n) is 12.4. The molecule has 112 valence electrons. The quantitative estimate of drug-likeness (QED) is 0.831. The fourth-order valence-corrected chi connectivity index (χ4v) is 2.51. The standard InChI is InChI=1S/C17H21NO3/c1-12(18-17(20)16-8-10-21-13(16)2)15-7-3-5-14(11-15)6-4-9-19/h3,5,7,11-13,16,19H,8-10H2,1-2H3,(H,18,20). The first kappa shape index (κ1) is 15.6. The van der Waals surface area contributed by atoms with Crippen LogP contribution in [0, 0.1) is 17.8 Å². The predicted molar refractivity (Wildman–Crippen MR) is 80.5 cm³/mol. The van der Waals surface area contributed by atoms with Crippen molar-refractivity contribution in [2.24, 2.45) is 5.92 Å². The Bertz CT molecular complexity index is 559. The third-order valence-corrected chi connectivity index (χ3v) is 3.77. The number of carbonyl (C=O) groups is 1. The van der Waals surface area contributed by atoms with Gasteiger partial charge in [0.25, 0.3) is 0 Å². The number of hydrogen-bond donors (Lipinski definition) is 2. The summed E-state index contributed by atoms with van der Waals surface area (Å²) in [5.41, 5.74) is 1.83. The summed E-state index contributed by atoms with van der Waals surface area (Å²) in [5, 5.41) is 11.8. The van der Waals surface area contributed by atoms with Crippen molar-refractivity contribution in [2.75, 3.05) is 13.2 Å². The summed E-state index contributed by atoms with van der Waals surface area (Å²) in [7, 11) is 0. The molecule has 1 amide bonds. The van der Waals surface area contributed by atoms with Crippen LogP contribution in [0.3, 0.4) is 0 Å². The lowest BCUT2D eigenvalue weighted by Crippen LogP contribution is -2.35. The summed E-state index contributed by atoms with van der Waals surface area (Å²) in [6.07, 6.45) is 0.765. The van der Waals surface area contributed by atoms with Crippen molar-refractivity contribution in [3.05, 3.63) is 35.4 Å². The van der Waals surface area contributed by atoms with Crippen LogP contribution in [0.4, 0.5) is 0 Å². The first-order valence-corrected chi connectivity index (χ1v) is 7.23. The van der Waals surface area contributed by atoms with Crippen molar-refractivity contribution in [3.8, 4) is 11.8 Å². The lowest BCUT2D eigenvalue weighted by atomic mass is 10.00. The Morgan fingerprint density at radius 3 is 3.05 bits per heavy atom. The van der Waals surface area contributed by atoms with Crippen molar-refractivity contribution in [2.45, 2.75) is 32.4 Å². The third-order valence-electron chi connectivity index (χ3n) is 3.77. The van der Waals surface area contributed by atoms with E-state index < -0.39 is 0 Å². The highest BCUT2D eigenvalue weighted by Crippen LogP contribution is 2.22. The first-order valence-electron chi connectivity index (χ1n) is 7.23. The molecule has 3 unspecified atom stereocenters. The molecule has 0 aromatic heterocycles. The molecule has 2 N–H and O–H groups in total. The Morgan fingerprint density at radius 1 is 1.57 bits per heavy atom. The maximum absolute atomic E-state index is 12.2. The van der Waals surface area contributed by atoms with Crippen LogP contribution in [0.25, 0.3) is 0 Å². The van der Waals surface area contributed by atoms with Crippen LogP contribution in [-0.4, -0.2) is 30.3 Å². The van der Waals surface area contributed by atoms with Gasteiger partial charge in [0.1, 0.15) is 6.61 Å². The number of nitrogens with one attached hydrogen (secondary N) is 1. The van der Waals surface area contributed by atoms with Gasteiger partial charge < -0.3 is 15.2 Å². The number of aliphatic hydroxyl groups excluding tert-OH is 1. The number of rotatable bonds is 3. The molecule has 1 saturated heterocycles. The molecular weight excluding hydrogens is 266 g/mol. The van der Waals surface area contributed by atoms with Gasteiger partial charge in [0, 0.05) is 12.2 Å². The van der Waals surface area contributed by atoms with Gasteiger partial charge in [-0.25, -0.2) is 0 Å². The van der Waals surface area contributed by atoms with Gasteiger partial charge in [-0.3, -0.25) is 4.79 Å². The Kier molecular flexibility index (Phi) is 5.38. The van der Waals surface area contributed by atoms with Crippen molar-refractivity contribution in [1.82, 2.24) is 5.32 Å². The minimum absolute atomic E-state index is 0.0149. The van der Waals surface area contributed by atoms with E-state index in [1.165, 1.54) is 0 Å². The number of amides is 1. The van der Waals surface area contributed by atoms with Crippen LogP contribution < -0.4 is 5.32 Å². The molecule has 0 spiro atoms. The molecule has 1 heterocycles. The number of benzene rings is 1. The second kappa shape index (κ2) is 7.26. The van der Waals surface area contributed by atoms with Crippen LogP contribution in [-0.2, 0) is 9.53 Å². The Balaban J connectivity index is 2.02. The Hall–Kier alpha value is -1.83. The van der Waals surface area contributed by atoms with E-state index >= 15 is 0 Å². The smallest absolute Gasteiger partial charge is 0.226 e. The highest BCUT2D eigenvalue weighted by Gasteiger charge is 2.31. The van der Waals surface area contributed by atoms with Crippen molar-refractivity contribution in [3.63, 3.8) is 0 Å². The lowest BCUT2D eigenvalue weighted by molar-refractivity contribution is -0.127. The average molecular weight is 287 g/mol. The molecule has 1 aliphatic heterocycles. The highest BCUT2D eigenvalue weighted by molar-refractivity contribution is 5.79. The van der Waals surface area contributed by atoms with Crippen LogP contribution in [0.15, 0.2) is 24.3 Å². The van der Waals surface area contributed by atoms with Crippen molar-refractivity contribution in [1.29, 1.82) is 0 Å². The summed E-state index contributed by atoms with van der Waals surface area (Å²) in [5.74, 6) is 5.47. The van der Waals surface area contributed by atoms with Gasteiger partial charge in [-0.05, 0) is 38.0 Å². The molecule has 1 aromatic rings. The van der Waals surface area contributed by atoms with Crippen molar-refractivity contribution < 1.29 is 14.6 Å². The molecule has 3 atom stereocenters. The molecule has 1 fully saturated rings. The molecule has 4 nitrogen and oxygen atoms in total. The SMILES string of the molecule is CC(NC(=O)C1CCOC1C)c1cccc(C#CCO)c1. The van der Waals surface area contributed by atoms with Crippen molar-refractivity contribution >= 4 is 5.91 Å². The van der Waals surface area contributed by atoms with E-state index in [4.69, 9.17) is 9.84 Å². The zero-order chi connectivity index (χ0) is 15.2. The highest BCUT2D eigenvalue weighted by atomic mass is 16.5. The number of carbonyl (C=O) groups excluding carboxylic acids is 1. The van der Waals surface area contributed by atoms with Gasteiger partial charge in [0.15, 0.2) is 0 Å². The molecule has 1 aliphatic rings. The molecule has 2 rings (SSSR count). The Labute approximate surface area is 125 Å². The molecule has 0 bridgehead atoms. The number of hydrogen-bond acceptors (Lipinski definition) is 3. The predicted octanol–water partition coefficient (Wildman–Crippen LogP) is 1.63. The summed E-state index contributed by atoms with van der Waals surface area (Å²) < 4.78 is 5.43. The second-order valence-corrected chi connectivity index (χ2v) is 5.29. The van der Waals surface area contributed by atoms with Gasteiger partial charge in [0.05, 0.1) is 18.1 Å². The lowest BCUT2D eigenvalue weighted by Gasteiger charge is -2.19. The van der Waals surface area contributed by atoms with E-state index in [0.29, 0.717) is 6.61 Å². The topological polar surface area (TPSA) is 58.6 Å². The van der Waals surface area contributed by atoms with Crippen LogP contribution >= 0.6 is 0 Å². The second-order valence-electron chi connectivity index (χ2n) is 5.29. The van der Waals surface area contributed by atoms with E-state index in [1.807, 2.05) is 38.1 Å². The average Bonchev–Trinajstić information content (AvgIpc) is 2.91. The first-order chi connectivity index (χ1) is 10.1. The minimum atomic E-state index is -0.157. The number of ether oxygens (including phenoxy) is 1. The van der Waals surface area contributed by atoms with Gasteiger partial charge >= 0.3 is 0 Å². The molecule has 0 saturated carbocycles. The molecule has 21 heavy (non-hydrogen) atoms. The van der Waals surface area contributed by atoms with E-state index in [-0.39, 0.29) is 30.6 Å². The molecule has 0 radical (unpaired) electrons. The zero-order valence-corrected chi connectivity index (χ0v) is 12.4. The molecular formula is C17H21NO3. The van der Waals surface area contributed by atoms with E-state index in [2.05, 4.69) is 17.2 Å². The van der Waals surface area contributed by atoms with Gasteiger partial charge in [-0.15, -0.1) is 0 Å². The fourth-order valence-electron chi connectivity index (χ4n) is 2.51. The maximum Gasteiger partial charge on any atom is 0.226 e. The Morgan fingerprint density at radius 2 is 2.38 bits per heavy atom. The number of aliphatic hydroxyl groups is 1. The maximum atomic E-state index is 12.2. The van der Waals surface area contributed by atoms with E-state index in [1.54, 1.807) is 0 Å². The van der Waals surface area contributed by atoms with Crippen LogP contribution in [0.5, 0.6) is 0 Å². The monoisotopic (exact) mass is 287 g/mol. The third kappa shape index (κ3) is 4.07. The summed E-state index contributed by atoms with van der Waals surface area (Å²) in [4.78, 5) is 12.2. The summed E-state index contributed by atoms with van der Waals surface area (Å²) in [6, 6.07) is 7.60. The summed E-state index contributed by atoms with van der Waals surface area (Å²) >= 11 is 0. The van der Waals surface area contributed by atoms with Gasteiger partial charge in [0.2, 0.25) is 5.91 Å². The molecule has 1 aromatic carbocycles. The fraction of sp³-hybridized carbons (Fsp3) is 0.471. The van der Waals surface area contributed by atoms with Crippen LogP contribution in [0.1, 0.15) is 37.4 Å². The molecule has 0 aliphatic carbocycles. The minimum Gasteiger partial charge on any atom is -0.384 e. The van der Waals surface area contributed by atoms with Gasteiger partial charge in [-0.2, -0.15) is 0 Å². The molecule has 4 heteroatoms.